The van der Waals surface area contributed by atoms with Crippen LogP contribution in [0.1, 0.15) is 34.1 Å². The van der Waals surface area contributed by atoms with Crippen LogP contribution in [0.5, 0.6) is 0 Å². The summed E-state index contributed by atoms with van der Waals surface area (Å²) in [5.74, 6) is -1.10. The Morgan fingerprint density at radius 1 is 0.952 bits per heavy atom. The number of rotatable bonds is 8. The van der Waals surface area contributed by atoms with E-state index in [4.69, 9.17) is 10.3 Å². The molecule has 42 heavy (non-hydrogen) atoms. The summed E-state index contributed by atoms with van der Waals surface area (Å²) in [5.41, 5.74) is 4.78. The smallest absolute Gasteiger partial charge is 0.364 e. The van der Waals surface area contributed by atoms with Crippen LogP contribution in [0.4, 0.5) is 23.2 Å². The molecule has 222 valence electrons. The van der Waals surface area contributed by atoms with Gasteiger partial charge in [-0.2, -0.15) is 13.2 Å². The Bertz CT molecular complexity index is 1640. The third-order valence-electron chi connectivity index (χ3n) is 7.57. The van der Waals surface area contributed by atoms with Crippen molar-refractivity contribution in [2.24, 2.45) is 5.73 Å². The highest BCUT2D eigenvalue weighted by molar-refractivity contribution is 5.50. The Balaban J connectivity index is 1.56. The quantitative estimate of drug-likeness (QED) is 0.315. The molecule has 5 rings (SSSR count). The maximum Gasteiger partial charge on any atom is 0.416 e. The number of alkyl halides is 3. The molecule has 0 amide bonds. The summed E-state index contributed by atoms with van der Waals surface area (Å²) in [6, 6.07) is 12.5. The molecule has 0 aliphatic carbocycles. The number of benzene rings is 2. The van der Waals surface area contributed by atoms with Gasteiger partial charge in [0.25, 0.3) is 5.56 Å². The van der Waals surface area contributed by atoms with Crippen LogP contribution in [-0.4, -0.2) is 45.4 Å². The minimum Gasteiger partial charge on any atom is -0.364 e. The van der Waals surface area contributed by atoms with Crippen molar-refractivity contribution in [1.29, 1.82) is 0 Å². The second-order valence-corrected chi connectivity index (χ2v) is 10.3. The van der Waals surface area contributed by atoms with Crippen LogP contribution in [0.2, 0.25) is 0 Å². The average Bonchev–Trinajstić information content (AvgIpc) is 3.48. The van der Waals surface area contributed by atoms with Crippen molar-refractivity contribution >= 4 is 5.69 Å². The fourth-order valence-electron chi connectivity index (χ4n) is 5.32. The van der Waals surface area contributed by atoms with Gasteiger partial charge in [0.05, 0.1) is 24.3 Å². The molecule has 0 spiro atoms. The van der Waals surface area contributed by atoms with Crippen molar-refractivity contribution in [1.82, 2.24) is 19.2 Å². The number of hydrogen-bond acceptors (Lipinski definition) is 7. The molecule has 0 bridgehead atoms. The summed E-state index contributed by atoms with van der Waals surface area (Å²) in [6.07, 6.45) is -3.36. The van der Waals surface area contributed by atoms with Gasteiger partial charge in [0.15, 0.2) is 0 Å². The average molecular weight is 587 g/mol. The lowest BCUT2D eigenvalue weighted by molar-refractivity contribution is -0.138. The van der Waals surface area contributed by atoms with Crippen LogP contribution in [0, 0.1) is 12.7 Å². The molecule has 0 saturated carbocycles. The first-order valence-electron chi connectivity index (χ1n) is 13.4. The highest BCUT2D eigenvalue weighted by atomic mass is 19.4. The second kappa shape index (κ2) is 11.9. The zero-order valence-electron chi connectivity index (χ0n) is 22.9. The van der Waals surface area contributed by atoms with E-state index in [1.165, 1.54) is 13.2 Å². The number of nitrogens with zero attached hydrogens (tertiary/aromatic N) is 5. The van der Waals surface area contributed by atoms with E-state index in [-0.39, 0.29) is 17.9 Å². The van der Waals surface area contributed by atoms with Crippen molar-refractivity contribution < 1.29 is 22.1 Å². The summed E-state index contributed by atoms with van der Waals surface area (Å²) in [4.78, 5) is 31.6. The molecule has 13 heteroatoms. The third kappa shape index (κ3) is 6.02. The molecular weight excluding hydrogens is 556 g/mol. The van der Waals surface area contributed by atoms with Crippen molar-refractivity contribution in [2.45, 2.75) is 38.8 Å². The minimum atomic E-state index is -4.85. The monoisotopic (exact) mass is 586 g/mol. The molecule has 4 aromatic rings. The molecule has 0 unspecified atom stereocenters. The molecule has 1 saturated heterocycles. The van der Waals surface area contributed by atoms with E-state index >= 15 is 0 Å². The Hall–Kier alpha value is -4.23. The van der Waals surface area contributed by atoms with E-state index < -0.39 is 47.0 Å². The number of piperazine rings is 1. The minimum absolute atomic E-state index is 0.149. The number of aromatic nitrogens is 3. The molecular formula is C29H30F4N6O3. The summed E-state index contributed by atoms with van der Waals surface area (Å²) in [5, 5.41) is 3.93. The summed E-state index contributed by atoms with van der Waals surface area (Å²) < 4.78 is 63.2. The van der Waals surface area contributed by atoms with Gasteiger partial charge in [-0.3, -0.25) is 18.8 Å². The van der Waals surface area contributed by atoms with Gasteiger partial charge in [-0.15, -0.1) is 0 Å². The predicted molar refractivity (Wildman–Crippen MR) is 148 cm³/mol. The summed E-state index contributed by atoms with van der Waals surface area (Å²) in [6.45, 7) is 3.03. The number of halogens is 4. The van der Waals surface area contributed by atoms with Gasteiger partial charge >= 0.3 is 11.9 Å². The first kappa shape index (κ1) is 29.3. The zero-order valence-corrected chi connectivity index (χ0v) is 22.9. The Morgan fingerprint density at radius 3 is 2.31 bits per heavy atom. The van der Waals surface area contributed by atoms with Crippen molar-refractivity contribution in [2.75, 3.05) is 31.1 Å². The van der Waals surface area contributed by atoms with Crippen LogP contribution in [0.15, 0.2) is 75.0 Å². The lowest BCUT2D eigenvalue weighted by Gasteiger charge is -2.36. The van der Waals surface area contributed by atoms with E-state index in [0.717, 1.165) is 33.0 Å². The van der Waals surface area contributed by atoms with Crippen molar-refractivity contribution in [3.63, 3.8) is 0 Å². The molecule has 2 aromatic carbocycles. The van der Waals surface area contributed by atoms with Gasteiger partial charge in [-0.05, 0) is 24.6 Å². The standard InChI is InChI=1S/C29H30F4N6O3/c1-19-26(37-13-11-36(12-14-37)16-21-10-15-42-35-21)27(40)39(18-25(34)20-6-3-2-4-7-20)28(41)38(19)17-22-23(29(31,32)33)8-5-9-24(22)30/h2-10,15,25H,11-14,16-18,34H2,1H3/t25-/m0/s1. The molecule has 2 aromatic heterocycles. The van der Waals surface area contributed by atoms with Gasteiger partial charge in [0.2, 0.25) is 0 Å². The number of nitrogens with two attached hydrogens (primary N) is 1. The van der Waals surface area contributed by atoms with Gasteiger partial charge in [-0.1, -0.05) is 41.6 Å². The first-order valence-corrected chi connectivity index (χ1v) is 13.4. The topological polar surface area (TPSA) is 103 Å². The van der Waals surface area contributed by atoms with Crippen LogP contribution < -0.4 is 21.9 Å². The highest BCUT2D eigenvalue weighted by Crippen LogP contribution is 2.33. The van der Waals surface area contributed by atoms with E-state index in [9.17, 15) is 27.2 Å². The molecule has 1 aliphatic rings. The molecule has 3 heterocycles. The lowest BCUT2D eigenvalue weighted by Crippen LogP contribution is -2.51. The predicted octanol–water partition coefficient (Wildman–Crippen LogP) is 3.53. The van der Waals surface area contributed by atoms with E-state index in [0.29, 0.717) is 38.3 Å². The molecule has 9 nitrogen and oxygen atoms in total. The molecule has 0 radical (unpaired) electrons. The Morgan fingerprint density at radius 2 is 1.67 bits per heavy atom. The van der Waals surface area contributed by atoms with Gasteiger partial charge in [0.1, 0.15) is 17.8 Å². The normalized spacial score (nSPS) is 15.2. The Kier molecular flexibility index (Phi) is 8.32. The Labute approximate surface area is 238 Å². The number of anilines is 1. The summed E-state index contributed by atoms with van der Waals surface area (Å²) >= 11 is 0. The lowest BCUT2D eigenvalue weighted by atomic mass is 10.1. The third-order valence-corrected chi connectivity index (χ3v) is 7.57. The second-order valence-electron chi connectivity index (χ2n) is 10.3. The van der Waals surface area contributed by atoms with Gasteiger partial charge < -0.3 is 15.2 Å². The van der Waals surface area contributed by atoms with Gasteiger partial charge in [-0.25, -0.2) is 9.18 Å². The zero-order chi connectivity index (χ0) is 30.0. The first-order chi connectivity index (χ1) is 20.0. The van der Waals surface area contributed by atoms with Gasteiger partial charge in [0, 0.05) is 56.1 Å². The fourth-order valence-corrected chi connectivity index (χ4v) is 5.32. The van der Waals surface area contributed by atoms with Crippen LogP contribution in [0.3, 0.4) is 0 Å². The van der Waals surface area contributed by atoms with Crippen LogP contribution in [-0.2, 0) is 25.8 Å². The van der Waals surface area contributed by atoms with E-state index in [1.807, 2.05) is 4.90 Å². The van der Waals surface area contributed by atoms with Crippen molar-refractivity contribution in [3.8, 4) is 0 Å². The van der Waals surface area contributed by atoms with Crippen LogP contribution in [0.25, 0.3) is 0 Å². The summed E-state index contributed by atoms with van der Waals surface area (Å²) in [7, 11) is 0. The maximum atomic E-state index is 14.9. The SMILES string of the molecule is Cc1c(N2CCN(Cc3ccon3)CC2)c(=O)n(C[C@H](N)c2ccccc2)c(=O)n1Cc1c(F)cccc1C(F)(F)F. The maximum absolute atomic E-state index is 14.9. The molecule has 1 aliphatic heterocycles. The van der Waals surface area contributed by atoms with E-state index in [2.05, 4.69) is 10.1 Å². The molecule has 2 N–H and O–H groups in total. The highest BCUT2D eigenvalue weighted by Gasteiger charge is 2.35. The molecule has 1 fully saturated rings. The van der Waals surface area contributed by atoms with E-state index in [1.54, 1.807) is 36.4 Å². The fraction of sp³-hybridized carbons (Fsp3) is 0.345. The number of hydrogen-bond donors (Lipinski definition) is 1. The van der Waals surface area contributed by atoms with Crippen molar-refractivity contribution in [3.05, 3.63) is 116 Å². The largest absolute Gasteiger partial charge is 0.416 e. The van der Waals surface area contributed by atoms with Crippen LogP contribution >= 0.6 is 0 Å². The molecule has 1 atom stereocenters.